The van der Waals surface area contributed by atoms with E-state index in [-0.39, 0.29) is 17.0 Å². The lowest BCUT2D eigenvalue weighted by Crippen LogP contribution is -2.48. The summed E-state index contributed by atoms with van der Waals surface area (Å²) in [5.74, 6) is -1.55. The Labute approximate surface area is 154 Å². The van der Waals surface area contributed by atoms with Gasteiger partial charge in [0.05, 0.1) is 27.4 Å². The monoisotopic (exact) mass is 383 g/mol. The normalized spacial score (nSPS) is 23.4. The molecule has 0 aliphatic heterocycles. The van der Waals surface area contributed by atoms with E-state index in [1.807, 2.05) is 6.07 Å². The molecule has 11 heteroatoms. The third kappa shape index (κ3) is 2.98. The van der Waals surface area contributed by atoms with Gasteiger partial charge in [0.25, 0.3) is 11.4 Å². The number of nitriles is 1. The van der Waals surface area contributed by atoms with E-state index in [0.717, 1.165) is 0 Å². The highest BCUT2D eigenvalue weighted by Crippen LogP contribution is 2.53. The van der Waals surface area contributed by atoms with Gasteiger partial charge in [0.15, 0.2) is 5.57 Å². The Hall–Kier alpha value is -2.45. The van der Waals surface area contributed by atoms with E-state index in [0.29, 0.717) is 0 Å². The maximum absolute atomic E-state index is 11.7. The molecule has 0 saturated carbocycles. The molecule has 0 amide bonds. The molecule has 9 nitrogen and oxygen atoms in total. The molecule has 1 aliphatic rings. The highest BCUT2D eigenvalue weighted by molar-refractivity contribution is 7.81. The molecule has 1 rings (SSSR count). The van der Waals surface area contributed by atoms with Crippen LogP contribution in [0.15, 0.2) is 22.5 Å². The number of hydrogen-bond acceptors (Lipinski definition) is 7. The predicted molar refractivity (Wildman–Crippen MR) is 98.3 cm³/mol. The van der Waals surface area contributed by atoms with E-state index in [1.54, 1.807) is 20.8 Å². The molecule has 2 atom stereocenters. The zero-order chi connectivity index (χ0) is 19.7. The van der Waals surface area contributed by atoms with Gasteiger partial charge in [-0.05, 0) is 12.3 Å². The van der Waals surface area contributed by atoms with Crippen molar-refractivity contribution >= 4 is 34.4 Å². The molecule has 4 N–H and O–H groups in total. The Balaban J connectivity index is 4.29. The molecule has 0 fully saturated rings. The third-order valence-corrected chi connectivity index (χ3v) is 4.81. The van der Waals surface area contributed by atoms with Gasteiger partial charge in [-0.1, -0.05) is 45.2 Å². The second-order valence-corrected chi connectivity index (χ2v) is 6.70. The van der Waals surface area contributed by atoms with Crippen LogP contribution in [0.1, 0.15) is 27.2 Å². The standard InChI is InChI=1S/C14H17N5O4S2/c1-4-7-10(18(20)21)8(12(16)24)11(19(22)23)9(13(17)25)14(7,5-15)6(2)3/h6-7H,4H2,1-3H3,(H2,16,24)(H2,17,25). The van der Waals surface area contributed by atoms with Gasteiger partial charge in [0.2, 0.25) is 0 Å². The van der Waals surface area contributed by atoms with E-state index in [9.17, 15) is 25.5 Å². The summed E-state index contributed by atoms with van der Waals surface area (Å²) in [5, 5.41) is 33.4. The third-order valence-electron chi connectivity index (χ3n) is 4.40. The molecule has 1 aliphatic carbocycles. The molecule has 0 aromatic carbocycles. The molecule has 0 aromatic heterocycles. The quantitative estimate of drug-likeness (QED) is 0.395. The van der Waals surface area contributed by atoms with Crippen molar-refractivity contribution in [2.24, 2.45) is 28.7 Å². The second kappa shape index (κ2) is 7.20. The summed E-state index contributed by atoms with van der Waals surface area (Å²) < 4.78 is 0. The first kappa shape index (κ1) is 20.6. The molecule has 134 valence electrons. The van der Waals surface area contributed by atoms with E-state index in [1.165, 1.54) is 0 Å². The minimum Gasteiger partial charge on any atom is -0.389 e. The van der Waals surface area contributed by atoms with Crippen molar-refractivity contribution in [1.82, 2.24) is 0 Å². The Morgan fingerprint density at radius 3 is 2.04 bits per heavy atom. The molecule has 0 aromatic rings. The van der Waals surface area contributed by atoms with Gasteiger partial charge in [-0.25, -0.2) is 0 Å². The highest BCUT2D eigenvalue weighted by Gasteiger charge is 2.60. The van der Waals surface area contributed by atoms with Crippen molar-refractivity contribution in [1.29, 1.82) is 5.26 Å². The molecular formula is C14H17N5O4S2. The van der Waals surface area contributed by atoms with Gasteiger partial charge in [0.1, 0.15) is 15.4 Å². The summed E-state index contributed by atoms with van der Waals surface area (Å²) in [4.78, 5) is 20.9. The summed E-state index contributed by atoms with van der Waals surface area (Å²) in [6, 6.07) is 2.03. The molecule has 2 unspecified atom stereocenters. The minimum atomic E-state index is -1.64. The van der Waals surface area contributed by atoms with Crippen LogP contribution in [0.5, 0.6) is 0 Å². The van der Waals surface area contributed by atoms with Crippen LogP contribution in [0, 0.1) is 48.8 Å². The minimum absolute atomic E-state index is 0.144. The Morgan fingerprint density at radius 2 is 1.80 bits per heavy atom. The van der Waals surface area contributed by atoms with Gasteiger partial charge < -0.3 is 11.5 Å². The van der Waals surface area contributed by atoms with Crippen LogP contribution < -0.4 is 11.5 Å². The lowest BCUT2D eigenvalue weighted by Gasteiger charge is -2.40. The van der Waals surface area contributed by atoms with Crippen LogP contribution in [-0.4, -0.2) is 19.8 Å². The lowest BCUT2D eigenvalue weighted by atomic mass is 9.58. The van der Waals surface area contributed by atoms with Crippen molar-refractivity contribution in [3.63, 3.8) is 0 Å². The largest absolute Gasteiger partial charge is 0.389 e. The van der Waals surface area contributed by atoms with Gasteiger partial charge in [0, 0.05) is 0 Å². The first-order valence-electron chi connectivity index (χ1n) is 7.27. The van der Waals surface area contributed by atoms with Crippen molar-refractivity contribution in [3.8, 4) is 6.07 Å². The summed E-state index contributed by atoms with van der Waals surface area (Å²) in [6.07, 6.45) is 0.144. The number of rotatable bonds is 6. The average molecular weight is 383 g/mol. The molecular weight excluding hydrogens is 366 g/mol. The van der Waals surface area contributed by atoms with Crippen LogP contribution in [0.3, 0.4) is 0 Å². The van der Waals surface area contributed by atoms with Crippen LogP contribution in [0.4, 0.5) is 0 Å². The van der Waals surface area contributed by atoms with Crippen molar-refractivity contribution in [3.05, 3.63) is 42.8 Å². The molecule has 0 spiro atoms. The molecule has 25 heavy (non-hydrogen) atoms. The van der Waals surface area contributed by atoms with Crippen LogP contribution in [-0.2, 0) is 0 Å². The van der Waals surface area contributed by atoms with Gasteiger partial charge >= 0.3 is 0 Å². The number of nitrogens with two attached hydrogens (primary N) is 2. The summed E-state index contributed by atoms with van der Waals surface area (Å²) in [7, 11) is 0. The lowest BCUT2D eigenvalue weighted by molar-refractivity contribution is -0.448. The fourth-order valence-electron chi connectivity index (χ4n) is 3.44. The summed E-state index contributed by atoms with van der Waals surface area (Å²) in [6.45, 7) is 4.89. The smallest absolute Gasteiger partial charge is 0.293 e. The summed E-state index contributed by atoms with van der Waals surface area (Å²) in [5.41, 5.74) is 7.63. The van der Waals surface area contributed by atoms with E-state index in [4.69, 9.17) is 35.9 Å². The Kier molecular flexibility index (Phi) is 5.93. The fourth-order valence-corrected chi connectivity index (χ4v) is 3.91. The number of allylic oxidation sites excluding steroid dienone is 1. The number of hydrogen-bond donors (Lipinski definition) is 2. The van der Waals surface area contributed by atoms with E-state index in [2.05, 4.69) is 0 Å². The van der Waals surface area contributed by atoms with Crippen molar-refractivity contribution in [2.45, 2.75) is 27.2 Å². The van der Waals surface area contributed by atoms with Crippen LogP contribution in [0.25, 0.3) is 0 Å². The Morgan fingerprint density at radius 1 is 1.28 bits per heavy atom. The maximum Gasteiger partial charge on any atom is 0.293 e. The zero-order valence-corrected chi connectivity index (χ0v) is 15.4. The van der Waals surface area contributed by atoms with Crippen molar-refractivity contribution in [2.75, 3.05) is 0 Å². The highest BCUT2D eigenvalue weighted by atomic mass is 32.1. The summed E-state index contributed by atoms with van der Waals surface area (Å²) >= 11 is 9.81. The first-order chi connectivity index (χ1) is 11.5. The zero-order valence-electron chi connectivity index (χ0n) is 13.8. The van der Waals surface area contributed by atoms with Gasteiger partial charge in [-0.15, -0.1) is 0 Å². The van der Waals surface area contributed by atoms with Crippen molar-refractivity contribution < 1.29 is 9.85 Å². The second-order valence-electron chi connectivity index (χ2n) is 5.82. The van der Waals surface area contributed by atoms with E-state index < -0.39 is 49.1 Å². The molecule has 0 bridgehead atoms. The average Bonchev–Trinajstić information content (AvgIpc) is 2.50. The van der Waals surface area contributed by atoms with Gasteiger partial charge in [-0.3, -0.25) is 20.2 Å². The van der Waals surface area contributed by atoms with Gasteiger partial charge in [-0.2, -0.15) is 5.26 Å². The Bertz CT molecular complexity index is 781. The molecule has 0 saturated heterocycles. The first-order valence-corrected chi connectivity index (χ1v) is 8.09. The fraction of sp³-hybridized carbons (Fsp3) is 0.500. The topological polar surface area (TPSA) is 162 Å². The van der Waals surface area contributed by atoms with Crippen LogP contribution in [0.2, 0.25) is 0 Å². The number of thiocarbonyl (C=S) groups is 2. The predicted octanol–water partition coefficient (Wildman–Crippen LogP) is 1.83. The number of nitro groups is 2. The number of nitrogens with zero attached hydrogens (tertiary/aromatic N) is 3. The maximum atomic E-state index is 11.7. The molecule has 0 heterocycles. The SMILES string of the molecule is CCC1C([N+](=O)[O-])=C(C(N)=S)C([N+](=O)[O-])=C(C(N)=S)C1(C#N)C(C)C. The molecule has 0 radical (unpaired) electrons. The van der Waals surface area contributed by atoms with Crippen LogP contribution >= 0.6 is 24.4 Å². The van der Waals surface area contributed by atoms with E-state index >= 15 is 0 Å².